The maximum atomic E-state index is 3.43. The van der Waals surface area contributed by atoms with Crippen molar-refractivity contribution in [3.8, 4) is 0 Å². The summed E-state index contributed by atoms with van der Waals surface area (Å²) in [6.45, 7) is 4.86. The fourth-order valence-electron chi connectivity index (χ4n) is 2.43. The average molecular weight is 264 g/mol. The van der Waals surface area contributed by atoms with Crippen LogP contribution in [0.25, 0.3) is 0 Å². The highest BCUT2D eigenvalue weighted by Crippen LogP contribution is 2.17. The van der Waals surface area contributed by atoms with Crippen molar-refractivity contribution in [2.75, 3.05) is 39.0 Å². The molecule has 0 aromatic heterocycles. The lowest BCUT2D eigenvalue weighted by atomic mass is 9.98. The number of nitrogens with one attached hydrogen (secondary N) is 1. The maximum Gasteiger partial charge on any atom is 0.0108 e. The molecule has 2 nitrogen and oxygen atoms in total. The van der Waals surface area contributed by atoms with Crippen LogP contribution in [0.15, 0.2) is 35.2 Å². The molecule has 1 fully saturated rings. The highest BCUT2D eigenvalue weighted by Gasteiger charge is 2.14. The Morgan fingerprint density at radius 2 is 1.94 bits per heavy atom. The number of hydrogen-bond donors (Lipinski definition) is 1. The van der Waals surface area contributed by atoms with Crippen LogP contribution in [0.2, 0.25) is 0 Å². The SMILES string of the molecule is CN(CCSc1ccccc1)CC1CCNCC1. The Hall–Kier alpha value is -0.510. The van der Waals surface area contributed by atoms with Crippen LogP contribution < -0.4 is 5.32 Å². The second-order valence-electron chi connectivity index (χ2n) is 5.12. The second kappa shape index (κ2) is 7.82. The van der Waals surface area contributed by atoms with Gasteiger partial charge < -0.3 is 10.2 Å². The van der Waals surface area contributed by atoms with Gasteiger partial charge in [-0.3, -0.25) is 0 Å². The molecule has 0 amide bonds. The van der Waals surface area contributed by atoms with E-state index in [2.05, 4.69) is 47.6 Å². The molecule has 3 heteroatoms. The van der Waals surface area contributed by atoms with Crippen LogP contribution in [0.3, 0.4) is 0 Å². The summed E-state index contributed by atoms with van der Waals surface area (Å²) in [5, 5.41) is 3.43. The number of hydrogen-bond acceptors (Lipinski definition) is 3. The Morgan fingerprint density at radius 3 is 2.67 bits per heavy atom. The van der Waals surface area contributed by atoms with Crippen LogP contribution in [-0.4, -0.2) is 43.9 Å². The monoisotopic (exact) mass is 264 g/mol. The van der Waals surface area contributed by atoms with E-state index in [0.717, 1.165) is 5.92 Å². The summed E-state index contributed by atoms with van der Waals surface area (Å²) in [7, 11) is 2.26. The van der Waals surface area contributed by atoms with Crippen LogP contribution in [0.4, 0.5) is 0 Å². The van der Waals surface area contributed by atoms with Gasteiger partial charge in [-0.25, -0.2) is 0 Å². The first-order valence-corrected chi connectivity index (χ1v) is 7.90. The molecule has 18 heavy (non-hydrogen) atoms. The molecule has 0 radical (unpaired) electrons. The smallest absolute Gasteiger partial charge is 0.0108 e. The lowest BCUT2D eigenvalue weighted by molar-refractivity contribution is 0.250. The lowest BCUT2D eigenvalue weighted by Gasteiger charge is -2.27. The second-order valence-corrected chi connectivity index (χ2v) is 6.29. The third-order valence-corrected chi connectivity index (χ3v) is 4.51. The zero-order chi connectivity index (χ0) is 12.6. The number of thioether (sulfide) groups is 1. The Morgan fingerprint density at radius 1 is 1.22 bits per heavy atom. The van der Waals surface area contributed by atoms with Crippen molar-refractivity contribution in [1.29, 1.82) is 0 Å². The first kappa shape index (κ1) is 13.9. The summed E-state index contributed by atoms with van der Waals surface area (Å²) >= 11 is 1.96. The van der Waals surface area contributed by atoms with Gasteiger partial charge in [-0.1, -0.05) is 18.2 Å². The number of nitrogens with zero attached hydrogens (tertiary/aromatic N) is 1. The largest absolute Gasteiger partial charge is 0.317 e. The minimum atomic E-state index is 0.901. The Kier molecular flexibility index (Phi) is 6.05. The normalized spacial score (nSPS) is 17.2. The van der Waals surface area contributed by atoms with Gasteiger partial charge in [0.05, 0.1) is 0 Å². The van der Waals surface area contributed by atoms with Gasteiger partial charge in [0.1, 0.15) is 0 Å². The van der Waals surface area contributed by atoms with Gasteiger partial charge in [0, 0.05) is 23.7 Å². The molecule has 1 aromatic carbocycles. The molecule has 1 aliphatic heterocycles. The van der Waals surface area contributed by atoms with Crippen molar-refractivity contribution in [2.24, 2.45) is 5.92 Å². The van der Waals surface area contributed by atoms with Crippen LogP contribution in [0.1, 0.15) is 12.8 Å². The fourth-order valence-corrected chi connectivity index (χ4v) is 3.42. The first-order valence-electron chi connectivity index (χ1n) is 6.92. The number of benzene rings is 1. The van der Waals surface area contributed by atoms with Crippen LogP contribution in [-0.2, 0) is 0 Å². The van der Waals surface area contributed by atoms with E-state index in [0.29, 0.717) is 0 Å². The summed E-state index contributed by atoms with van der Waals surface area (Å²) in [6.07, 6.45) is 2.69. The zero-order valence-corrected chi connectivity index (χ0v) is 12.1. The molecule has 1 saturated heterocycles. The molecule has 0 saturated carbocycles. The molecule has 0 unspecified atom stereocenters. The molecule has 0 spiro atoms. The van der Waals surface area contributed by atoms with Crippen LogP contribution >= 0.6 is 11.8 Å². The third kappa shape index (κ3) is 5.01. The van der Waals surface area contributed by atoms with Crippen molar-refractivity contribution >= 4 is 11.8 Å². The van der Waals surface area contributed by atoms with E-state index in [1.165, 1.54) is 49.7 Å². The minimum Gasteiger partial charge on any atom is -0.317 e. The molecule has 1 aliphatic rings. The molecule has 1 aromatic rings. The summed E-state index contributed by atoms with van der Waals surface area (Å²) in [4.78, 5) is 3.87. The van der Waals surface area contributed by atoms with E-state index < -0.39 is 0 Å². The van der Waals surface area contributed by atoms with E-state index in [1.54, 1.807) is 0 Å². The maximum absolute atomic E-state index is 3.43. The quantitative estimate of drug-likeness (QED) is 0.795. The highest BCUT2D eigenvalue weighted by molar-refractivity contribution is 7.99. The van der Waals surface area contributed by atoms with E-state index in [-0.39, 0.29) is 0 Å². The molecule has 100 valence electrons. The van der Waals surface area contributed by atoms with E-state index in [1.807, 2.05) is 11.8 Å². The summed E-state index contributed by atoms with van der Waals surface area (Å²) in [5.41, 5.74) is 0. The van der Waals surface area contributed by atoms with E-state index in [4.69, 9.17) is 0 Å². The van der Waals surface area contributed by atoms with E-state index >= 15 is 0 Å². The lowest BCUT2D eigenvalue weighted by Crippen LogP contribution is -2.35. The van der Waals surface area contributed by atoms with Gasteiger partial charge in [-0.15, -0.1) is 11.8 Å². The molecule has 0 bridgehead atoms. The molecular weight excluding hydrogens is 240 g/mol. The predicted molar refractivity (Wildman–Crippen MR) is 80.3 cm³/mol. The summed E-state index contributed by atoms with van der Waals surface area (Å²) < 4.78 is 0. The molecule has 0 atom stereocenters. The Bertz CT molecular complexity index is 323. The topological polar surface area (TPSA) is 15.3 Å². The third-order valence-electron chi connectivity index (χ3n) is 3.51. The number of rotatable bonds is 6. The van der Waals surface area contributed by atoms with Crippen molar-refractivity contribution in [3.05, 3.63) is 30.3 Å². The van der Waals surface area contributed by atoms with E-state index in [9.17, 15) is 0 Å². The van der Waals surface area contributed by atoms with Crippen molar-refractivity contribution in [2.45, 2.75) is 17.7 Å². The fraction of sp³-hybridized carbons (Fsp3) is 0.600. The van der Waals surface area contributed by atoms with Gasteiger partial charge in [-0.2, -0.15) is 0 Å². The van der Waals surface area contributed by atoms with Crippen LogP contribution in [0, 0.1) is 5.92 Å². The summed E-state index contributed by atoms with van der Waals surface area (Å²) in [6, 6.07) is 10.7. The minimum absolute atomic E-state index is 0.901. The van der Waals surface area contributed by atoms with Gasteiger partial charge in [-0.05, 0) is 51.0 Å². The van der Waals surface area contributed by atoms with Crippen molar-refractivity contribution < 1.29 is 0 Å². The molecule has 1 N–H and O–H groups in total. The highest BCUT2D eigenvalue weighted by atomic mass is 32.2. The first-order chi connectivity index (χ1) is 8.84. The van der Waals surface area contributed by atoms with Gasteiger partial charge >= 0.3 is 0 Å². The van der Waals surface area contributed by atoms with Gasteiger partial charge in [0.25, 0.3) is 0 Å². The van der Waals surface area contributed by atoms with Gasteiger partial charge in [0.2, 0.25) is 0 Å². The molecular formula is C15H24N2S. The van der Waals surface area contributed by atoms with Crippen molar-refractivity contribution in [3.63, 3.8) is 0 Å². The standard InChI is InChI=1S/C15H24N2S/c1-17(13-14-7-9-16-10-8-14)11-12-18-15-5-3-2-4-6-15/h2-6,14,16H,7-13H2,1H3. The predicted octanol–water partition coefficient (Wildman–Crippen LogP) is 2.71. The number of piperidine rings is 1. The summed E-state index contributed by atoms with van der Waals surface area (Å²) in [5.74, 6) is 2.09. The van der Waals surface area contributed by atoms with Gasteiger partial charge in [0.15, 0.2) is 0 Å². The zero-order valence-electron chi connectivity index (χ0n) is 11.3. The Balaban J connectivity index is 1.61. The van der Waals surface area contributed by atoms with Crippen molar-refractivity contribution in [1.82, 2.24) is 10.2 Å². The molecule has 2 rings (SSSR count). The van der Waals surface area contributed by atoms with Crippen LogP contribution in [0.5, 0.6) is 0 Å². The molecule has 0 aliphatic carbocycles. The molecule has 1 heterocycles. The average Bonchev–Trinajstić information content (AvgIpc) is 2.41. The Labute approximate surface area is 115 Å².